The number of hydrogen-bond acceptors (Lipinski definition) is 8. The van der Waals surface area contributed by atoms with Gasteiger partial charge in [-0.3, -0.25) is 19.2 Å². The van der Waals surface area contributed by atoms with E-state index in [0.717, 1.165) is 5.56 Å². The van der Waals surface area contributed by atoms with Crippen LogP contribution in [-0.2, 0) is 34.0 Å². The number of nitrogens with zero attached hydrogens (tertiary/aromatic N) is 5. The van der Waals surface area contributed by atoms with Gasteiger partial charge in [-0.1, -0.05) is 57.2 Å². The molecule has 13 heteroatoms. The molecule has 13 nitrogen and oxygen atoms in total. The lowest BCUT2D eigenvalue weighted by atomic mass is 10.00. The van der Waals surface area contributed by atoms with Crippen LogP contribution < -0.4 is 20.1 Å². The average molecular weight is 702 g/mol. The van der Waals surface area contributed by atoms with Gasteiger partial charge in [-0.2, -0.15) is 0 Å². The predicted molar refractivity (Wildman–Crippen MR) is 191 cm³/mol. The van der Waals surface area contributed by atoms with E-state index in [9.17, 15) is 19.2 Å². The molecular weight excluding hydrogens is 650 g/mol. The summed E-state index contributed by atoms with van der Waals surface area (Å²) in [7, 11) is 1.65. The Labute approximate surface area is 300 Å². The van der Waals surface area contributed by atoms with Gasteiger partial charge < -0.3 is 29.9 Å². The smallest absolute Gasteiger partial charge is 0.255 e. The van der Waals surface area contributed by atoms with Gasteiger partial charge in [0.15, 0.2) is 0 Å². The highest BCUT2D eigenvalue weighted by Crippen LogP contribution is 2.25. The lowest BCUT2D eigenvalue weighted by Crippen LogP contribution is -2.57. The summed E-state index contributed by atoms with van der Waals surface area (Å²) in [5.41, 5.74) is 1.86. The van der Waals surface area contributed by atoms with Gasteiger partial charge in [0.1, 0.15) is 48.5 Å². The Morgan fingerprint density at radius 1 is 0.922 bits per heavy atom. The molecule has 5 rings (SSSR count). The number of amides is 4. The van der Waals surface area contributed by atoms with Crippen molar-refractivity contribution in [3.8, 4) is 11.5 Å². The van der Waals surface area contributed by atoms with Crippen molar-refractivity contribution >= 4 is 23.6 Å². The molecule has 0 aliphatic carbocycles. The Hall–Kier alpha value is -4.94. The number of fused-ring (bicyclic) bond motifs is 6. The number of para-hydroxylation sites is 1. The fourth-order valence-electron chi connectivity index (χ4n) is 6.63. The van der Waals surface area contributed by atoms with Crippen LogP contribution in [0.1, 0.15) is 75.0 Å². The van der Waals surface area contributed by atoms with E-state index in [1.807, 2.05) is 52.0 Å². The predicted octanol–water partition coefficient (Wildman–Crippen LogP) is 3.62. The molecule has 0 unspecified atom stereocenters. The van der Waals surface area contributed by atoms with Crippen molar-refractivity contribution in [2.24, 2.45) is 11.8 Å². The summed E-state index contributed by atoms with van der Waals surface area (Å²) < 4.78 is 13.7. The number of rotatable bonds is 4. The van der Waals surface area contributed by atoms with Crippen molar-refractivity contribution in [1.29, 1.82) is 0 Å². The monoisotopic (exact) mass is 701 g/mol. The highest BCUT2D eigenvalue weighted by molar-refractivity contribution is 6.00. The van der Waals surface area contributed by atoms with Crippen LogP contribution in [0.25, 0.3) is 0 Å². The van der Waals surface area contributed by atoms with E-state index < -0.39 is 24.0 Å². The van der Waals surface area contributed by atoms with Gasteiger partial charge in [-0.15, -0.1) is 5.10 Å². The number of hydrogen-bond donors (Lipinski definition) is 2. The lowest BCUT2D eigenvalue weighted by Gasteiger charge is -2.35. The molecule has 2 aliphatic heterocycles. The van der Waals surface area contributed by atoms with Crippen molar-refractivity contribution in [2.45, 2.75) is 91.1 Å². The van der Waals surface area contributed by atoms with Crippen LogP contribution in [0.3, 0.4) is 0 Å². The second-order valence-electron chi connectivity index (χ2n) is 14.2. The molecule has 3 aromatic rings. The summed E-state index contributed by atoms with van der Waals surface area (Å²) in [4.78, 5) is 58.8. The highest BCUT2D eigenvalue weighted by Gasteiger charge is 2.41. The molecule has 2 N–H and O–H groups in total. The maximum atomic E-state index is 14.2. The van der Waals surface area contributed by atoms with Gasteiger partial charge in [0.25, 0.3) is 5.91 Å². The molecule has 1 saturated heterocycles. The topological polar surface area (TPSA) is 148 Å². The van der Waals surface area contributed by atoms with Gasteiger partial charge in [0, 0.05) is 20.1 Å². The Kier molecular flexibility index (Phi) is 12.7. The summed E-state index contributed by atoms with van der Waals surface area (Å²) in [6.07, 6.45) is 4.33. The average Bonchev–Trinajstić information content (AvgIpc) is 3.78. The molecule has 2 aromatic carbocycles. The van der Waals surface area contributed by atoms with Crippen molar-refractivity contribution in [3.63, 3.8) is 0 Å². The van der Waals surface area contributed by atoms with E-state index in [1.54, 1.807) is 47.1 Å². The molecule has 0 radical (unpaired) electrons. The zero-order chi connectivity index (χ0) is 36.5. The third-order valence-electron chi connectivity index (χ3n) is 9.24. The Morgan fingerprint density at radius 3 is 2.49 bits per heavy atom. The fraction of sp³-hybridized carbons (Fsp3) is 0.526. The highest BCUT2D eigenvalue weighted by atomic mass is 16.5. The largest absolute Gasteiger partial charge is 0.492 e. The van der Waals surface area contributed by atoms with E-state index in [-0.39, 0.29) is 41.7 Å². The molecule has 3 heterocycles. The lowest BCUT2D eigenvalue weighted by molar-refractivity contribution is -0.148. The molecule has 274 valence electrons. The van der Waals surface area contributed by atoms with Crippen LogP contribution in [0.15, 0.2) is 54.7 Å². The minimum Gasteiger partial charge on any atom is -0.492 e. The van der Waals surface area contributed by atoms with Crippen LogP contribution in [0.2, 0.25) is 0 Å². The second kappa shape index (κ2) is 17.3. The van der Waals surface area contributed by atoms with E-state index in [2.05, 4.69) is 20.9 Å². The number of aromatic nitrogens is 3. The minimum atomic E-state index is -0.863. The summed E-state index contributed by atoms with van der Waals surface area (Å²) in [5.74, 6) is -0.00486. The van der Waals surface area contributed by atoms with Crippen molar-refractivity contribution in [1.82, 2.24) is 35.4 Å². The Balaban J connectivity index is 1.43. The summed E-state index contributed by atoms with van der Waals surface area (Å²) in [6, 6.07) is 12.3. The normalized spacial score (nSPS) is 21.4. The molecule has 3 atom stereocenters. The number of carbonyl (C=O) groups is 4. The Morgan fingerprint density at radius 2 is 1.71 bits per heavy atom. The second-order valence-corrected chi connectivity index (χ2v) is 14.2. The summed E-state index contributed by atoms with van der Waals surface area (Å²) in [6.45, 7) is 9.67. The van der Waals surface area contributed by atoms with Crippen LogP contribution >= 0.6 is 0 Å². The number of nitrogens with one attached hydrogen (secondary N) is 2. The molecule has 2 aliphatic rings. The number of carbonyl (C=O) groups excluding carboxylic acids is 4. The molecular formula is C38H51N7O6. The standard InChI is InChI=1S/C38H51N7O6/c1-25(2)20-31-37(48)45-17-9-13-32(45)38(49)43(5)33(21-26(3)4)36(47)39-16-15-27-10-8-11-29(22-27)50-19-18-44-23-28(41-42-44)24-51-34-14-7-6-12-30(34)35(46)40-31/h6-8,10-12,14,22-23,25-26,31-33H,9,13,15-21,24H2,1-5H3,(H,39,47)(H,40,46)/t31-,32-,33+/m1/s1. The molecule has 0 saturated carbocycles. The number of benzene rings is 2. The Bertz CT molecular complexity index is 1670. The molecule has 4 bridgehead atoms. The number of ether oxygens (including phenoxy) is 2. The zero-order valence-electron chi connectivity index (χ0n) is 30.3. The fourth-order valence-corrected chi connectivity index (χ4v) is 6.63. The maximum Gasteiger partial charge on any atom is 0.255 e. The third-order valence-corrected chi connectivity index (χ3v) is 9.24. The van der Waals surface area contributed by atoms with Gasteiger partial charge in [0.2, 0.25) is 17.7 Å². The SMILES string of the molecule is CC(C)C[C@H]1NC(=O)c2ccccc2OCc2cn(nn2)CCOc2cccc(c2)CCNC(=O)[C@H](CC(C)C)N(C)C(=O)[C@H]2CCCN2C1=O. The van der Waals surface area contributed by atoms with Crippen LogP contribution in [0, 0.1) is 11.8 Å². The van der Waals surface area contributed by atoms with Crippen LogP contribution in [-0.4, -0.2) is 93.3 Å². The first-order valence-corrected chi connectivity index (χ1v) is 18.0. The zero-order valence-corrected chi connectivity index (χ0v) is 30.3. The number of likely N-dealkylation sites (N-methyl/N-ethyl adjacent to an activating group) is 1. The van der Waals surface area contributed by atoms with Crippen molar-refractivity contribution < 1.29 is 28.7 Å². The van der Waals surface area contributed by atoms with Crippen molar-refractivity contribution in [2.75, 3.05) is 26.7 Å². The van der Waals surface area contributed by atoms with Gasteiger partial charge >= 0.3 is 0 Å². The first-order chi connectivity index (χ1) is 24.5. The van der Waals surface area contributed by atoms with Crippen molar-refractivity contribution in [3.05, 3.63) is 71.5 Å². The van der Waals surface area contributed by atoms with E-state index >= 15 is 0 Å². The van der Waals surface area contributed by atoms with Gasteiger partial charge in [-0.05, 0) is 73.8 Å². The maximum absolute atomic E-state index is 14.2. The first-order valence-electron chi connectivity index (χ1n) is 18.0. The summed E-state index contributed by atoms with van der Waals surface area (Å²) in [5, 5.41) is 14.4. The molecule has 1 fully saturated rings. The quantitative estimate of drug-likeness (QED) is 0.420. The summed E-state index contributed by atoms with van der Waals surface area (Å²) >= 11 is 0. The molecule has 1 aromatic heterocycles. The van der Waals surface area contributed by atoms with Gasteiger partial charge in [0.05, 0.1) is 18.3 Å². The van der Waals surface area contributed by atoms with Crippen LogP contribution in [0.5, 0.6) is 11.5 Å². The van der Waals surface area contributed by atoms with E-state index in [4.69, 9.17) is 9.47 Å². The van der Waals surface area contributed by atoms with Crippen LogP contribution in [0.4, 0.5) is 0 Å². The first kappa shape index (κ1) is 37.3. The van der Waals surface area contributed by atoms with E-state index in [0.29, 0.717) is 75.5 Å². The van der Waals surface area contributed by atoms with E-state index in [1.165, 1.54) is 4.90 Å². The minimum absolute atomic E-state index is 0.0834. The molecule has 4 amide bonds. The van der Waals surface area contributed by atoms with Gasteiger partial charge in [-0.25, -0.2) is 4.68 Å². The third kappa shape index (κ3) is 9.86. The molecule has 51 heavy (non-hydrogen) atoms. The molecule has 0 spiro atoms.